The number of hydrogen-bond donors (Lipinski definition) is 0. The molecule has 2 nitrogen and oxygen atoms in total. The zero-order valence-electron chi connectivity index (χ0n) is 12.9. The van der Waals surface area contributed by atoms with Crippen LogP contribution in [-0.2, 0) is 0 Å². The summed E-state index contributed by atoms with van der Waals surface area (Å²) in [6.07, 6.45) is -0.543. The van der Waals surface area contributed by atoms with Gasteiger partial charge in [-0.3, -0.25) is 4.79 Å². The predicted octanol–water partition coefficient (Wildman–Crippen LogP) is 5.22. The Labute approximate surface area is 149 Å². The van der Waals surface area contributed by atoms with E-state index in [4.69, 9.17) is 4.74 Å². The molecular weight excluding hydrogens is 364 g/mol. The summed E-state index contributed by atoms with van der Waals surface area (Å²) in [6, 6.07) is 25.3. The smallest absolute Gasteiger partial charge is 0.204 e. The fraction of sp³-hybridized carbons (Fsp3) is 0.0952. The van der Waals surface area contributed by atoms with Gasteiger partial charge in [0.15, 0.2) is 6.10 Å². The zero-order chi connectivity index (χ0) is 16.5. The first-order chi connectivity index (χ1) is 11.7. The van der Waals surface area contributed by atoms with Gasteiger partial charge in [0.1, 0.15) is 5.75 Å². The summed E-state index contributed by atoms with van der Waals surface area (Å²) in [6.45, 7) is 0. The van der Waals surface area contributed by atoms with Gasteiger partial charge in [-0.25, -0.2) is 0 Å². The lowest BCUT2D eigenvalue weighted by Gasteiger charge is -2.18. The Bertz CT molecular complexity index is 875. The number of halogens is 1. The molecule has 0 aliphatic carbocycles. The number of rotatable bonds is 3. The molecule has 0 bridgehead atoms. The maximum Gasteiger partial charge on any atom is 0.204 e. The summed E-state index contributed by atoms with van der Waals surface area (Å²) in [5.41, 5.74) is 2.81. The van der Waals surface area contributed by atoms with E-state index in [1.54, 1.807) is 0 Å². The van der Waals surface area contributed by atoms with E-state index in [9.17, 15) is 4.79 Å². The fourth-order valence-electron chi connectivity index (χ4n) is 3.22. The number of carbonyl (C=O) groups is 1. The molecule has 1 heterocycles. The highest BCUT2D eigenvalue weighted by atomic mass is 79.9. The highest BCUT2D eigenvalue weighted by molar-refractivity contribution is 9.10. The summed E-state index contributed by atoms with van der Waals surface area (Å²) in [5, 5.41) is 0. The third-order valence-electron chi connectivity index (χ3n) is 4.34. The van der Waals surface area contributed by atoms with Crippen molar-refractivity contribution in [2.45, 2.75) is 12.0 Å². The number of benzene rings is 3. The van der Waals surface area contributed by atoms with Crippen LogP contribution in [0.15, 0.2) is 83.3 Å². The van der Waals surface area contributed by atoms with Crippen molar-refractivity contribution in [1.82, 2.24) is 0 Å². The van der Waals surface area contributed by atoms with Crippen LogP contribution in [0.2, 0.25) is 0 Å². The summed E-state index contributed by atoms with van der Waals surface area (Å²) in [4.78, 5) is 13.0. The fourth-order valence-corrected chi connectivity index (χ4v) is 3.60. The maximum absolute atomic E-state index is 13.0. The number of fused-ring (bicyclic) bond motifs is 1. The largest absolute Gasteiger partial charge is 0.481 e. The molecule has 3 aromatic rings. The van der Waals surface area contributed by atoms with Crippen LogP contribution in [0.3, 0.4) is 0 Å². The van der Waals surface area contributed by atoms with Crippen molar-refractivity contribution in [2.75, 3.05) is 0 Å². The molecule has 0 aromatic heterocycles. The lowest BCUT2D eigenvalue weighted by molar-refractivity contribution is 0.0806. The van der Waals surface area contributed by atoms with Crippen LogP contribution in [0, 0.1) is 0 Å². The molecule has 0 unspecified atom stereocenters. The molecule has 3 aromatic carbocycles. The first-order valence-corrected chi connectivity index (χ1v) is 8.63. The van der Waals surface area contributed by atoms with Gasteiger partial charge in [0, 0.05) is 15.6 Å². The van der Waals surface area contributed by atoms with Crippen LogP contribution in [0.4, 0.5) is 0 Å². The van der Waals surface area contributed by atoms with Crippen molar-refractivity contribution >= 4 is 21.7 Å². The number of ketones is 1. The second kappa shape index (κ2) is 6.25. The number of carbonyl (C=O) groups excluding carboxylic acids is 1. The molecule has 0 saturated heterocycles. The van der Waals surface area contributed by atoms with E-state index in [0.717, 1.165) is 21.3 Å². The third-order valence-corrected chi connectivity index (χ3v) is 4.83. The highest BCUT2D eigenvalue weighted by Gasteiger charge is 2.40. The number of hydrogen-bond acceptors (Lipinski definition) is 2. The molecular formula is C21H15BrO2. The molecule has 0 saturated carbocycles. The van der Waals surface area contributed by atoms with Crippen molar-refractivity contribution in [3.63, 3.8) is 0 Å². The molecule has 1 aliphatic rings. The average Bonchev–Trinajstić information content (AvgIpc) is 3.01. The van der Waals surface area contributed by atoms with E-state index in [0.29, 0.717) is 5.56 Å². The molecule has 0 fully saturated rings. The molecule has 3 heteroatoms. The lowest BCUT2D eigenvalue weighted by Crippen LogP contribution is -2.29. The Balaban J connectivity index is 1.81. The lowest BCUT2D eigenvalue weighted by atomic mass is 9.85. The summed E-state index contributed by atoms with van der Waals surface area (Å²) >= 11 is 3.53. The Morgan fingerprint density at radius 3 is 2.25 bits per heavy atom. The molecule has 118 valence electrons. The molecule has 0 radical (unpaired) electrons. The van der Waals surface area contributed by atoms with E-state index in [2.05, 4.69) is 28.1 Å². The summed E-state index contributed by atoms with van der Waals surface area (Å²) in [5.74, 6) is 0.685. The van der Waals surface area contributed by atoms with Crippen LogP contribution in [0.1, 0.15) is 27.4 Å². The normalized spacial score (nSPS) is 18.7. The quantitative estimate of drug-likeness (QED) is 0.583. The zero-order valence-corrected chi connectivity index (χ0v) is 14.4. The minimum atomic E-state index is -0.543. The van der Waals surface area contributed by atoms with Gasteiger partial charge >= 0.3 is 0 Å². The maximum atomic E-state index is 13.0. The Hall–Kier alpha value is -2.39. The molecule has 2 atom stereocenters. The monoisotopic (exact) mass is 378 g/mol. The van der Waals surface area contributed by atoms with E-state index < -0.39 is 6.10 Å². The summed E-state index contributed by atoms with van der Waals surface area (Å²) in [7, 11) is 0. The second-order valence-corrected chi connectivity index (χ2v) is 6.75. The molecule has 0 N–H and O–H groups in total. The predicted molar refractivity (Wildman–Crippen MR) is 97.6 cm³/mol. The molecule has 24 heavy (non-hydrogen) atoms. The van der Waals surface area contributed by atoms with Crippen LogP contribution < -0.4 is 4.74 Å². The SMILES string of the molecule is O=C(c1ccccc1)[C@@H]1Oc2ccc(Br)cc2[C@H]1c1ccccc1. The van der Waals surface area contributed by atoms with Gasteiger partial charge < -0.3 is 4.74 Å². The van der Waals surface area contributed by atoms with Gasteiger partial charge in [-0.1, -0.05) is 76.6 Å². The minimum absolute atomic E-state index is 0.0109. The Morgan fingerprint density at radius 2 is 1.54 bits per heavy atom. The number of ether oxygens (including phenoxy) is 1. The molecule has 4 rings (SSSR count). The average molecular weight is 379 g/mol. The van der Waals surface area contributed by atoms with Crippen molar-refractivity contribution in [3.8, 4) is 5.75 Å². The van der Waals surface area contributed by atoms with E-state index >= 15 is 0 Å². The topological polar surface area (TPSA) is 26.3 Å². The molecule has 0 amide bonds. The van der Waals surface area contributed by atoms with Crippen molar-refractivity contribution in [1.29, 1.82) is 0 Å². The second-order valence-electron chi connectivity index (χ2n) is 5.84. The van der Waals surface area contributed by atoms with E-state index in [1.165, 1.54) is 0 Å². The molecule has 1 aliphatic heterocycles. The standard InChI is InChI=1S/C21H15BrO2/c22-16-11-12-18-17(13-16)19(14-7-3-1-4-8-14)21(24-18)20(23)15-9-5-2-6-10-15/h1-13,19,21H/t19-,21-/m1/s1. The van der Waals surface area contributed by atoms with Crippen LogP contribution >= 0.6 is 15.9 Å². The van der Waals surface area contributed by atoms with Gasteiger partial charge in [0.05, 0.1) is 5.92 Å². The van der Waals surface area contributed by atoms with E-state index in [1.807, 2.05) is 66.7 Å². The summed E-state index contributed by atoms with van der Waals surface area (Å²) < 4.78 is 7.06. The van der Waals surface area contributed by atoms with Crippen LogP contribution in [-0.4, -0.2) is 11.9 Å². The third kappa shape index (κ3) is 2.65. The Kier molecular flexibility index (Phi) is 3.95. The highest BCUT2D eigenvalue weighted by Crippen LogP contribution is 2.44. The van der Waals surface area contributed by atoms with Gasteiger partial charge in [-0.2, -0.15) is 0 Å². The van der Waals surface area contributed by atoms with Gasteiger partial charge in [-0.05, 0) is 23.8 Å². The molecule has 0 spiro atoms. The van der Waals surface area contributed by atoms with Crippen LogP contribution in [0.25, 0.3) is 0 Å². The van der Waals surface area contributed by atoms with Crippen molar-refractivity contribution in [2.24, 2.45) is 0 Å². The first-order valence-electron chi connectivity index (χ1n) is 7.84. The first kappa shape index (κ1) is 15.2. The van der Waals surface area contributed by atoms with Crippen LogP contribution in [0.5, 0.6) is 5.75 Å². The van der Waals surface area contributed by atoms with E-state index in [-0.39, 0.29) is 11.7 Å². The Morgan fingerprint density at radius 1 is 0.875 bits per heavy atom. The van der Waals surface area contributed by atoms with Gasteiger partial charge in [-0.15, -0.1) is 0 Å². The number of Topliss-reactive ketones (excluding diaryl/α,β-unsaturated/α-hetero) is 1. The van der Waals surface area contributed by atoms with Crippen molar-refractivity contribution in [3.05, 3.63) is 100 Å². The van der Waals surface area contributed by atoms with Crippen molar-refractivity contribution < 1.29 is 9.53 Å². The van der Waals surface area contributed by atoms with Gasteiger partial charge in [0.2, 0.25) is 5.78 Å². The minimum Gasteiger partial charge on any atom is -0.481 e. The van der Waals surface area contributed by atoms with Gasteiger partial charge in [0.25, 0.3) is 0 Å².